The van der Waals surface area contributed by atoms with Crippen molar-refractivity contribution in [1.29, 1.82) is 5.26 Å². The van der Waals surface area contributed by atoms with Gasteiger partial charge in [-0.2, -0.15) is 10.4 Å². The lowest BCUT2D eigenvalue weighted by atomic mass is 10.1. The zero-order valence-electron chi connectivity index (χ0n) is 23.6. The van der Waals surface area contributed by atoms with Crippen molar-refractivity contribution in [2.45, 2.75) is 32.4 Å². The third kappa shape index (κ3) is 6.17. The molecule has 0 radical (unpaired) electrons. The third-order valence-electron chi connectivity index (χ3n) is 7.36. The fraction of sp³-hybridized carbons (Fsp3) is 0.212. The molecule has 3 N–H and O–H groups in total. The summed E-state index contributed by atoms with van der Waals surface area (Å²) in [6, 6.07) is 18.2. The number of anilines is 3. The standard InChI is InChI=1S/C33H30FN7O2/c1-2-43-31-16-28-27(15-29(31)40-32(42)11-9-25-7-4-12-36-25)33(23(17-35)18-37-28)39-26-8-10-30-22(14-26)19-38-41(30)20-21-5-3-6-24(34)13-21/h3,5-6,8-11,13-16,18-19,25,36H,2,4,7,12,20H2,1H3,(H,37,39)(H,40,42)/b11-9+. The summed E-state index contributed by atoms with van der Waals surface area (Å²) in [5.41, 5.74) is 4.45. The predicted octanol–water partition coefficient (Wildman–Crippen LogP) is 6.03. The van der Waals surface area contributed by atoms with E-state index in [9.17, 15) is 14.4 Å². The van der Waals surface area contributed by atoms with E-state index in [1.165, 1.54) is 24.4 Å². The highest BCUT2D eigenvalue weighted by molar-refractivity contribution is 6.05. The van der Waals surface area contributed by atoms with Gasteiger partial charge in [0.1, 0.15) is 17.6 Å². The number of pyridine rings is 1. The Bertz CT molecular complexity index is 1890. The zero-order valence-corrected chi connectivity index (χ0v) is 23.6. The van der Waals surface area contributed by atoms with Crippen LogP contribution in [0.15, 0.2) is 79.1 Å². The Morgan fingerprint density at radius 2 is 2.14 bits per heavy atom. The summed E-state index contributed by atoms with van der Waals surface area (Å²) in [7, 11) is 0. The van der Waals surface area contributed by atoms with Crippen molar-refractivity contribution < 1.29 is 13.9 Å². The molecule has 3 heterocycles. The van der Waals surface area contributed by atoms with E-state index in [4.69, 9.17) is 4.74 Å². The fourth-order valence-electron chi connectivity index (χ4n) is 5.31. The van der Waals surface area contributed by atoms with Gasteiger partial charge in [-0.05, 0) is 68.3 Å². The Hall–Kier alpha value is -5.27. The lowest BCUT2D eigenvalue weighted by molar-refractivity contribution is -0.111. The average Bonchev–Trinajstić information content (AvgIpc) is 3.67. The van der Waals surface area contributed by atoms with Gasteiger partial charge in [0.25, 0.3) is 0 Å². The highest BCUT2D eigenvalue weighted by Crippen LogP contribution is 2.36. The predicted molar refractivity (Wildman–Crippen MR) is 165 cm³/mol. The molecule has 0 spiro atoms. The lowest BCUT2D eigenvalue weighted by Crippen LogP contribution is -2.19. The molecule has 6 rings (SSSR count). The van der Waals surface area contributed by atoms with Gasteiger partial charge in [0.15, 0.2) is 0 Å². The molecular weight excluding hydrogens is 545 g/mol. The quantitative estimate of drug-likeness (QED) is 0.184. The first-order valence-corrected chi connectivity index (χ1v) is 14.2. The summed E-state index contributed by atoms with van der Waals surface area (Å²) in [4.78, 5) is 17.3. The Kier molecular flexibility index (Phi) is 7.98. The molecule has 1 fully saturated rings. The molecule has 5 aromatic rings. The number of rotatable bonds is 9. The van der Waals surface area contributed by atoms with E-state index in [2.05, 4.69) is 32.1 Å². The summed E-state index contributed by atoms with van der Waals surface area (Å²) >= 11 is 0. The zero-order chi connectivity index (χ0) is 29.8. The maximum absolute atomic E-state index is 13.7. The van der Waals surface area contributed by atoms with Crippen LogP contribution in [-0.4, -0.2) is 39.9 Å². The number of fused-ring (bicyclic) bond motifs is 2. The molecule has 0 aliphatic carbocycles. The topological polar surface area (TPSA) is 117 Å². The van der Waals surface area contributed by atoms with E-state index in [1.807, 2.05) is 41.9 Å². The monoisotopic (exact) mass is 575 g/mol. The van der Waals surface area contributed by atoms with Crippen LogP contribution in [0.1, 0.15) is 30.9 Å². The smallest absolute Gasteiger partial charge is 0.248 e. The number of carbonyl (C=O) groups excluding carboxylic acids is 1. The van der Waals surface area contributed by atoms with Gasteiger partial charge in [-0.3, -0.25) is 14.5 Å². The molecule has 1 amide bonds. The van der Waals surface area contributed by atoms with Gasteiger partial charge in [-0.1, -0.05) is 18.2 Å². The number of aromatic nitrogens is 3. The van der Waals surface area contributed by atoms with Crippen molar-refractivity contribution in [3.63, 3.8) is 0 Å². The van der Waals surface area contributed by atoms with Gasteiger partial charge < -0.3 is 20.7 Å². The van der Waals surface area contributed by atoms with E-state index in [0.29, 0.717) is 46.7 Å². The largest absolute Gasteiger partial charge is 0.492 e. The number of ether oxygens (including phenoxy) is 1. The first-order valence-electron chi connectivity index (χ1n) is 14.2. The SMILES string of the molecule is CCOc1cc2ncc(C#N)c(Nc3ccc4c(cnn4Cc4cccc(F)c4)c3)c2cc1NC(=O)/C=C/C1CCCN1. The van der Waals surface area contributed by atoms with Crippen LogP contribution in [0.3, 0.4) is 0 Å². The Labute approximate surface area is 248 Å². The second-order valence-electron chi connectivity index (χ2n) is 10.3. The molecule has 10 heteroatoms. The molecule has 1 atom stereocenters. The normalized spacial score (nSPS) is 14.8. The maximum atomic E-state index is 13.7. The third-order valence-corrected chi connectivity index (χ3v) is 7.36. The minimum Gasteiger partial charge on any atom is -0.492 e. The fourth-order valence-corrected chi connectivity index (χ4v) is 5.31. The second kappa shape index (κ2) is 12.3. The molecule has 3 aromatic carbocycles. The number of nitrogens with zero attached hydrogens (tertiary/aromatic N) is 4. The summed E-state index contributed by atoms with van der Waals surface area (Å²) in [5.74, 6) is -0.0630. The Morgan fingerprint density at radius 3 is 2.93 bits per heavy atom. The van der Waals surface area contributed by atoms with E-state index in [1.54, 1.807) is 24.4 Å². The Balaban J connectivity index is 1.32. The van der Waals surface area contributed by atoms with Crippen LogP contribution in [0.2, 0.25) is 0 Å². The number of nitrogens with one attached hydrogen (secondary N) is 3. The van der Waals surface area contributed by atoms with Crippen LogP contribution in [0.25, 0.3) is 21.8 Å². The van der Waals surface area contributed by atoms with Crippen LogP contribution < -0.4 is 20.7 Å². The van der Waals surface area contributed by atoms with Gasteiger partial charge in [-0.15, -0.1) is 0 Å². The summed E-state index contributed by atoms with van der Waals surface area (Å²) in [6.07, 6.45) is 8.78. The molecule has 0 bridgehead atoms. The highest BCUT2D eigenvalue weighted by Gasteiger charge is 2.16. The number of halogens is 1. The minimum atomic E-state index is -0.285. The van der Waals surface area contributed by atoms with Crippen LogP contribution >= 0.6 is 0 Å². The van der Waals surface area contributed by atoms with Crippen LogP contribution in [-0.2, 0) is 11.3 Å². The lowest BCUT2D eigenvalue weighted by Gasteiger charge is -2.16. The molecule has 216 valence electrons. The van der Waals surface area contributed by atoms with Gasteiger partial charge in [0.2, 0.25) is 5.91 Å². The Morgan fingerprint density at radius 1 is 1.23 bits per heavy atom. The van der Waals surface area contributed by atoms with Crippen molar-refractivity contribution in [1.82, 2.24) is 20.1 Å². The number of benzene rings is 3. The van der Waals surface area contributed by atoms with Gasteiger partial charge >= 0.3 is 0 Å². The summed E-state index contributed by atoms with van der Waals surface area (Å²) in [6.45, 7) is 3.66. The maximum Gasteiger partial charge on any atom is 0.248 e. The molecule has 1 saturated heterocycles. The number of amides is 1. The first-order chi connectivity index (χ1) is 21.0. The van der Waals surface area contributed by atoms with Crippen LogP contribution in [0.5, 0.6) is 5.75 Å². The molecule has 2 aromatic heterocycles. The van der Waals surface area contributed by atoms with Crippen LogP contribution in [0, 0.1) is 17.1 Å². The van der Waals surface area contributed by atoms with E-state index in [0.717, 1.165) is 41.5 Å². The highest BCUT2D eigenvalue weighted by atomic mass is 19.1. The molecule has 9 nitrogen and oxygen atoms in total. The minimum absolute atomic E-state index is 0.192. The summed E-state index contributed by atoms with van der Waals surface area (Å²) < 4.78 is 21.3. The molecule has 1 unspecified atom stereocenters. The average molecular weight is 576 g/mol. The first kappa shape index (κ1) is 27.9. The van der Waals surface area contributed by atoms with Crippen molar-refractivity contribution >= 4 is 44.8 Å². The number of carbonyl (C=O) groups is 1. The van der Waals surface area contributed by atoms with Crippen molar-refractivity contribution in [2.75, 3.05) is 23.8 Å². The van der Waals surface area contributed by atoms with Crippen LogP contribution in [0.4, 0.5) is 21.5 Å². The molecule has 1 aliphatic rings. The molecule has 43 heavy (non-hydrogen) atoms. The van der Waals surface area contributed by atoms with Gasteiger partial charge in [-0.25, -0.2) is 4.39 Å². The van der Waals surface area contributed by atoms with Crippen molar-refractivity contribution in [3.05, 3.63) is 96.1 Å². The molecular formula is C33H30FN7O2. The molecule has 0 saturated carbocycles. The van der Waals surface area contributed by atoms with Crippen molar-refractivity contribution in [2.24, 2.45) is 0 Å². The second-order valence-corrected chi connectivity index (χ2v) is 10.3. The van der Waals surface area contributed by atoms with E-state index in [-0.39, 0.29) is 17.8 Å². The van der Waals surface area contributed by atoms with E-state index >= 15 is 0 Å². The van der Waals surface area contributed by atoms with Gasteiger partial charge in [0.05, 0.1) is 47.3 Å². The number of hydrogen-bond donors (Lipinski definition) is 3. The number of hydrogen-bond acceptors (Lipinski definition) is 7. The van der Waals surface area contributed by atoms with Crippen molar-refractivity contribution in [3.8, 4) is 11.8 Å². The van der Waals surface area contributed by atoms with Gasteiger partial charge in [0, 0.05) is 40.8 Å². The molecule has 1 aliphatic heterocycles. The summed E-state index contributed by atoms with van der Waals surface area (Å²) in [5, 5.41) is 25.6. The van der Waals surface area contributed by atoms with E-state index < -0.39 is 0 Å². The number of nitriles is 1.